The van der Waals surface area contributed by atoms with E-state index in [2.05, 4.69) is 16.0 Å². The Kier molecular flexibility index (Phi) is 30.7. The molecule has 0 saturated heterocycles. The third-order valence-electron chi connectivity index (χ3n) is 7.53. The summed E-state index contributed by atoms with van der Waals surface area (Å²) in [6, 6.07) is -1.15. The molecule has 3 amide bonds. The van der Waals surface area contributed by atoms with Gasteiger partial charge < -0.3 is 40.4 Å². The number of aldehydes is 1. The van der Waals surface area contributed by atoms with Gasteiger partial charge in [0.05, 0.1) is 13.2 Å². The van der Waals surface area contributed by atoms with Crippen LogP contribution in [-0.4, -0.2) is 91.7 Å². The second-order valence-corrected chi connectivity index (χ2v) is 11.8. The van der Waals surface area contributed by atoms with Crippen LogP contribution in [0, 0.1) is 0 Å². The Balaban J connectivity index is 3.40. The van der Waals surface area contributed by atoms with Crippen molar-refractivity contribution in [1.82, 2.24) is 16.0 Å². The molecule has 0 heterocycles. The number of amides is 3. The zero-order chi connectivity index (χ0) is 34.8. The third-order valence-corrected chi connectivity index (χ3v) is 7.53. The normalized spacial score (nSPS) is 11.5. The molecule has 0 radical (unpaired) electrons. The van der Waals surface area contributed by atoms with Crippen molar-refractivity contribution in [2.24, 2.45) is 0 Å². The van der Waals surface area contributed by atoms with Crippen LogP contribution in [0.4, 0.5) is 0 Å². The molecule has 0 aliphatic carbocycles. The van der Waals surface area contributed by atoms with Crippen molar-refractivity contribution < 1.29 is 48.5 Å². The third kappa shape index (κ3) is 32.7. The van der Waals surface area contributed by atoms with E-state index in [1.165, 1.54) is 51.4 Å². The maximum absolute atomic E-state index is 12.0. The van der Waals surface area contributed by atoms with E-state index in [9.17, 15) is 28.8 Å². The number of unbranched alkanes of at least 4 members (excludes halogenated alkanes) is 12. The van der Waals surface area contributed by atoms with Gasteiger partial charge in [0.2, 0.25) is 17.7 Å². The summed E-state index contributed by atoms with van der Waals surface area (Å²) in [7, 11) is 0. The van der Waals surface area contributed by atoms with E-state index in [0.29, 0.717) is 65.1 Å². The molecule has 47 heavy (non-hydrogen) atoms. The Bertz CT molecular complexity index is 856. The smallest absolute Gasteiger partial charge is 0.326 e. The molecule has 5 N–H and O–H groups in total. The maximum atomic E-state index is 12.0. The van der Waals surface area contributed by atoms with Crippen molar-refractivity contribution in [2.75, 3.05) is 39.5 Å². The fraction of sp³-hybridized carbons (Fsp3) is 0.824. The molecular weight excluding hydrogens is 610 g/mol. The zero-order valence-corrected chi connectivity index (χ0v) is 28.4. The Hall–Kier alpha value is -3.06. The summed E-state index contributed by atoms with van der Waals surface area (Å²) in [6.07, 6.45) is 17.5. The molecule has 0 aromatic rings. The van der Waals surface area contributed by atoms with Gasteiger partial charge in [0.25, 0.3) is 0 Å². The lowest BCUT2D eigenvalue weighted by molar-refractivity contribution is -0.142. The summed E-state index contributed by atoms with van der Waals surface area (Å²) >= 11 is 0. The highest BCUT2D eigenvalue weighted by Gasteiger charge is 2.19. The second-order valence-electron chi connectivity index (χ2n) is 11.8. The van der Waals surface area contributed by atoms with Gasteiger partial charge >= 0.3 is 11.9 Å². The summed E-state index contributed by atoms with van der Waals surface area (Å²) in [5, 5.41) is 25.6. The molecule has 0 spiro atoms. The van der Waals surface area contributed by atoms with Gasteiger partial charge in [-0.15, -0.1) is 0 Å². The molecule has 0 aliphatic rings. The van der Waals surface area contributed by atoms with E-state index in [1.807, 2.05) is 0 Å². The molecular formula is C34H61N3O10. The van der Waals surface area contributed by atoms with E-state index >= 15 is 0 Å². The van der Waals surface area contributed by atoms with Crippen LogP contribution >= 0.6 is 0 Å². The Morgan fingerprint density at radius 2 is 0.957 bits per heavy atom. The summed E-state index contributed by atoms with van der Waals surface area (Å²) in [6.45, 7) is 2.81. The summed E-state index contributed by atoms with van der Waals surface area (Å²) < 4.78 is 11.0. The summed E-state index contributed by atoms with van der Waals surface area (Å²) in [5.74, 6) is -2.70. The minimum Gasteiger partial charge on any atom is -0.481 e. The first-order chi connectivity index (χ1) is 22.8. The number of carboxylic acids is 2. The fourth-order valence-electron chi connectivity index (χ4n) is 4.79. The highest BCUT2D eigenvalue weighted by atomic mass is 16.5. The number of hydrogen-bond donors (Lipinski definition) is 5. The summed E-state index contributed by atoms with van der Waals surface area (Å²) in [4.78, 5) is 67.6. The first-order valence-corrected chi connectivity index (χ1v) is 17.6. The van der Waals surface area contributed by atoms with Gasteiger partial charge in [-0.2, -0.15) is 0 Å². The van der Waals surface area contributed by atoms with Crippen LogP contribution in [-0.2, 0) is 38.2 Å². The van der Waals surface area contributed by atoms with Gasteiger partial charge in [-0.25, -0.2) is 4.79 Å². The molecule has 0 rings (SSSR count). The molecule has 0 bridgehead atoms. The number of hydrogen-bond acceptors (Lipinski definition) is 8. The minimum atomic E-state index is -1.22. The number of rotatable bonds is 35. The van der Waals surface area contributed by atoms with Gasteiger partial charge in [-0.3, -0.25) is 19.2 Å². The molecule has 13 heteroatoms. The number of carbonyl (C=O) groups is 6. The lowest BCUT2D eigenvalue weighted by atomic mass is 10.0. The fourth-order valence-corrected chi connectivity index (χ4v) is 4.79. The molecule has 272 valence electrons. The van der Waals surface area contributed by atoms with Crippen LogP contribution in [0.2, 0.25) is 0 Å². The predicted molar refractivity (Wildman–Crippen MR) is 178 cm³/mol. The van der Waals surface area contributed by atoms with Gasteiger partial charge in [0, 0.05) is 58.4 Å². The molecule has 1 atom stereocenters. The number of carbonyl (C=O) groups excluding carboxylic acids is 4. The van der Waals surface area contributed by atoms with Crippen molar-refractivity contribution >= 4 is 35.9 Å². The molecule has 0 saturated carbocycles. The largest absolute Gasteiger partial charge is 0.481 e. The SMILES string of the molecule is O=CCC[C@H](NC(=O)CCC(=O)NCCCOCCOCCCNC(=O)CCCCCCCCCCCCCCCC(=O)O)C(=O)O. The monoisotopic (exact) mass is 671 g/mol. The van der Waals surface area contributed by atoms with E-state index in [1.54, 1.807) is 0 Å². The lowest BCUT2D eigenvalue weighted by Gasteiger charge is -2.13. The standard InChI is InChI=1S/C34H61N3O10/c38-24-14-17-29(34(44)45)37-32(41)21-20-31(40)36-23-16-26-47-28-27-46-25-15-22-35-30(39)18-12-10-8-6-4-2-1-3-5-7-9-11-13-19-33(42)43/h24,29H,1-23,25-28H2,(H,35,39)(H,36,40)(H,37,41)(H,42,43)(H,44,45)/t29-/m0/s1. The average Bonchev–Trinajstić information content (AvgIpc) is 3.04. The van der Waals surface area contributed by atoms with Crippen LogP contribution in [0.1, 0.15) is 135 Å². The Morgan fingerprint density at radius 3 is 1.40 bits per heavy atom. The molecule has 13 nitrogen and oxygen atoms in total. The highest BCUT2D eigenvalue weighted by Crippen LogP contribution is 2.13. The Morgan fingerprint density at radius 1 is 0.532 bits per heavy atom. The average molecular weight is 672 g/mol. The van der Waals surface area contributed by atoms with E-state index < -0.39 is 23.9 Å². The van der Waals surface area contributed by atoms with Crippen LogP contribution < -0.4 is 16.0 Å². The molecule has 0 unspecified atom stereocenters. The van der Waals surface area contributed by atoms with Crippen LogP contribution in [0.25, 0.3) is 0 Å². The van der Waals surface area contributed by atoms with Gasteiger partial charge in [0.1, 0.15) is 12.3 Å². The van der Waals surface area contributed by atoms with Gasteiger partial charge in [-0.05, 0) is 32.1 Å². The van der Waals surface area contributed by atoms with Crippen LogP contribution in [0.15, 0.2) is 0 Å². The van der Waals surface area contributed by atoms with Crippen LogP contribution in [0.3, 0.4) is 0 Å². The van der Waals surface area contributed by atoms with Crippen LogP contribution in [0.5, 0.6) is 0 Å². The highest BCUT2D eigenvalue weighted by molar-refractivity contribution is 5.87. The number of aliphatic carboxylic acids is 2. The Labute approximate surface area is 280 Å². The molecule has 0 aromatic carbocycles. The van der Waals surface area contributed by atoms with E-state index in [4.69, 9.17) is 19.7 Å². The maximum Gasteiger partial charge on any atom is 0.326 e. The van der Waals surface area contributed by atoms with Gasteiger partial charge in [-0.1, -0.05) is 70.6 Å². The van der Waals surface area contributed by atoms with Crippen molar-refractivity contribution in [1.29, 1.82) is 0 Å². The zero-order valence-electron chi connectivity index (χ0n) is 28.4. The summed E-state index contributed by atoms with van der Waals surface area (Å²) in [5.41, 5.74) is 0. The molecule has 0 aromatic heterocycles. The first kappa shape index (κ1) is 43.9. The molecule has 0 fully saturated rings. The van der Waals surface area contributed by atoms with Crippen molar-refractivity contribution in [3.63, 3.8) is 0 Å². The van der Waals surface area contributed by atoms with Gasteiger partial charge in [0.15, 0.2) is 0 Å². The minimum absolute atomic E-state index is 0.00648. The predicted octanol–water partition coefficient (Wildman–Crippen LogP) is 4.30. The number of carboxylic acid groups (broad SMARTS) is 2. The quantitative estimate of drug-likeness (QED) is 0.0478. The van der Waals surface area contributed by atoms with E-state index in [0.717, 1.165) is 38.5 Å². The topological polar surface area (TPSA) is 197 Å². The number of nitrogens with one attached hydrogen (secondary N) is 3. The van der Waals surface area contributed by atoms with Crippen molar-refractivity contribution in [3.8, 4) is 0 Å². The van der Waals surface area contributed by atoms with Crippen molar-refractivity contribution in [2.45, 2.75) is 141 Å². The number of ether oxygens (including phenoxy) is 2. The van der Waals surface area contributed by atoms with Crippen molar-refractivity contribution in [3.05, 3.63) is 0 Å². The molecule has 0 aliphatic heterocycles. The second kappa shape index (κ2) is 32.9. The van der Waals surface area contributed by atoms with E-state index in [-0.39, 0.29) is 37.5 Å². The lowest BCUT2D eigenvalue weighted by Crippen LogP contribution is -2.41. The first-order valence-electron chi connectivity index (χ1n) is 17.6.